The fraction of sp³-hybridized carbons (Fsp3) is 0.0556. The number of rotatable bonds is 3. The highest BCUT2D eigenvalue weighted by atomic mass is 35.5. The molecule has 0 fully saturated rings. The van der Waals surface area contributed by atoms with Crippen molar-refractivity contribution in [1.29, 1.82) is 0 Å². The first-order valence-electron chi connectivity index (χ1n) is 7.35. The zero-order valence-electron chi connectivity index (χ0n) is 12.5. The van der Waals surface area contributed by atoms with E-state index < -0.39 is 0 Å². The third-order valence-corrected chi connectivity index (χ3v) is 3.92. The Balaban J connectivity index is 1.67. The van der Waals surface area contributed by atoms with Crippen molar-refractivity contribution in [2.24, 2.45) is 0 Å². The molecular formula is C18H12ClN3O2. The molecule has 0 aliphatic rings. The molecule has 6 heteroatoms. The van der Waals surface area contributed by atoms with Crippen molar-refractivity contribution in [3.05, 3.63) is 82.2 Å². The number of hydrogen-bond donors (Lipinski definition) is 0. The maximum Gasteiger partial charge on any atom is 0.261 e. The standard InChI is InChI=1S/C18H12ClN3O2/c19-13-5-3-4-12(8-13)17-21-14(10-24-17)9-22-11-20-16-7-2-1-6-15(16)18(22)23/h1-8,10-11H,9H2. The SMILES string of the molecule is O=c1c2ccccc2ncn1Cc1coc(-c2cccc(Cl)c2)n1. The van der Waals surface area contributed by atoms with Crippen LogP contribution in [0, 0.1) is 0 Å². The van der Waals surface area contributed by atoms with Crippen molar-refractivity contribution >= 4 is 22.5 Å². The monoisotopic (exact) mass is 337 g/mol. The van der Waals surface area contributed by atoms with Crippen LogP contribution in [-0.2, 0) is 6.54 Å². The fourth-order valence-corrected chi connectivity index (χ4v) is 2.72. The molecule has 0 spiro atoms. The molecule has 0 amide bonds. The second-order valence-corrected chi connectivity index (χ2v) is 5.79. The number of nitrogens with zero attached hydrogens (tertiary/aromatic N) is 3. The minimum Gasteiger partial charge on any atom is -0.444 e. The molecule has 0 aliphatic heterocycles. The fourth-order valence-electron chi connectivity index (χ4n) is 2.53. The van der Waals surface area contributed by atoms with Crippen LogP contribution in [0.1, 0.15) is 5.69 Å². The predicted octanol–water partition coefficient (Wildman–Crippen LogP) is 3.75. The van der Waals surface area contributed by atoms with Crippen LogP contribution in [0.2, 0.25) is 5.02 Å². The number of oxazole rings is 1. The van der Waals surface area contributed by atoms with Gasteiger partial charge in [-0.2, -0.15) is 0 Å². The molecule has 4 rings (SSSR count). The summed E-state index contributed by atoms with van der Waals surface area (Å²) in [6.07, 6.45) is 3.07. The van der Waals surface area contributed by atoms with E-state index in [4.69, 9.17) is 16.0 Å². The summed E-state index contributed by atoms with van der Waals surface area (Å²) in [4.78, 5) is 21.2. The second kappa shape index (κ2) is 5.94. The molecule has 2 aromatic heterocycles. The van der Waals surface area contributed by atoms with Crippen LogP contribution >= 0.6 is 11.6 Å². The molecule has 0 bridgehead atoms. The van der Waals surface area contributed by atoms with E-state index in [9.17, 15) is 4.79 Å². The van der Waals surface area contributed by atoms with Crippen molar-refractivity contribution in [1.82, 2.24) is 14.5 Å². The molecule has 24 heavy (non-hydrogen) atoms. The maximum absolute atomic E-state index is 12.5. The van der Waals surface area contributed by atoms with Gasteiger partial charge in [0.1, 0.15) is 6.26 Å². The molecular weight excluding hydrogens is 326 g/mol. The highest BCUT2D eigenvalue weighted by molar-refractivity contribution is 6.30. The summed E-state index contributed by atoms with van der Waals surface area (Å²) >= 11 is 5.98. The van der Waals surface area contributed by atoms with E-state index in [1.807, 2.05) is 30.3 Å². The number of halogens is 1. The highest BCUT2D eigenvalue weighted by Crippen LogP contribution is 2.22. The van der Waals surface area contributed by atoms with E-state index in [1.54, 1.807) is 18.2 Å². The van der Waals surface area contributed by atoms with Crippen LogP contribution in [0.15, 0.2) is 70.3 Å². The Morgan fingerprint density at radius 3 is 2.88 bits per heavy atom. The molecule has 2 aromatic carbocycles. The molecule has 118 valence electrons. The Morgan fingerprint density at radius 2 is 2.00 bits per heavy atom. The quantitative estimate of drug-likeness (QED) is 0.571. The summed E-state index contributed by atoms with van der Waals surface area (Å²) in [5.41, 5.74) is 2.01. The van der Waals surface area contributed by atoms with Gasteiger partial charge in [-0.1, -0.05) is 29.8 Å². The lowest BCUT2D eigenvalue weighted by Crippen LogP contribution is -2.21. The minimum atomic E-state index is -0.104. The van der Waals surface area contributed by atoms with Gasteiger partial charge in [0, 0.05) is 10.6 Å². The van der Waals surface area contributed by atoms with Gasteiger partial charge in [-0.15, -0.1) is 0 Å². The number of fused-ring (bicyclic) bond motifs is 1. The van der Waals surface area contributed by atoms with Crippen molar-refractivity contribution in [3.8, 4) is 11.5 Å². The Kier molecular flexibility index (Phi) is 3.63. The summed E-state index contributed by atoms with van der Waals surface area (Å²) in [5, 5.41) is 1.20. The van der Waals surface area contributed by atoms with Gasteiger partial charge in [0.15, 0.2) is 0 Å². The Bertz CT molecular complexity index is 1080. The molecule has 0 N–H and O–H groups in total. The number of aromatic nitrogens is 3. The van der Waals surface area contributed by atoms with Gasteiger partial charge in [0.05, 0.1) is 29.5 Å². The smallest absolute Gasteiger partial charge is 0.261 e. The lowest BCUT2D eigenvalue weighted by molar-refractivity contribution is 0.571. The van der Waals surface area contributed by atoms with Crippen molar-refractivity contribution in [2.45, 2.75) is 6.54 Å². The summed E-state index contributed by atoms with van der Waals surface area (Å²) < 4.78 is 7.02. The number of para-hydroxylation sites is 1. The largest absolute Gasteiger partial charge is 0.444 e. The van der Waals surface area contributed by atoms with Gasteiger partial charge in [-0.3, -0.25) is 9.36 Å². The van der Waals surface area contributed by atoms with Crippen molar-refractivity contribution in [3.63, 3.8) is 0 Å². The van der Waals surface area contributed by atoms with Gasteiger partial charge in [0.2, 0.25) is 5.89 Å². The molecule has 0 saturated carbocycles. The topological polar surface area (TPSA) is 60.9 Å². The first kappa shape index (κ1) is 14.7. The molecule has 4 aromatic rings. The predicted molar refractivity (Wildman–Crippen MR) is 92.1 cm³/mol. The van der Waals surface area contributed by atoms with Crippen LogP contribution in [-0.4, -0.2) is 14.5 Å². The Labute approximate surface area is 142 Å². The molecule has 5 nitrogen and oxygen atoms in total. The molecule has 0 atom stereocenters. The van der Waals surface area contributed by atoms with E-state index in [1.165, 1.54) is 17.2 Å². The third-order valence-electron chi connectivity index (χ3n) is 3.69. The van der Waals surface area contributed by atoms with E-state index >= 15 is 0 Å². The second-order valence-electron chi connectivity index (χ2n) is 5.35. The summed E-state index contributed by atoms with van der Waals surface area (Å²) in [6.45, 7) is 0.292. The molecule has 0 radical (unpaired) electrons. The van der Waals surface area contributed by atoms with Gasteiger partial charge < -0.3 is 4.42 Å². The van der Waals surface area contributed by atoms with Gasteiger partial charge in [0.25, 0.3) is 5.56 Å². The molecule has 0 unspecified atom stereocenters. The highest BCUT2D eigenvalue weighted by Gasteiger charge is 2.10. The normalized spacial score (nSPS) is 11.0. The van der Waals surface area contributed by atoms with E-state index in [0.29, 0.717) is 34.1 Å². The molecule has 0 aliphatic carbocycles. The summed E-state index contributed by atoms with van der Waals surface area (Å²) in [6, 6.07) is 14.5. The Morgan fingerprint density at radius 1 is 1.12 bits per heavy atom. The van der Waals surface area contributed by atoms with Gasteiger partial charge in [-0.25, -0.2) is 9.97 Å². The van der Waals surface area contributed by atoms with Crippen LogP contribution in [0.5, 0.6) is 0 Å². The van der Waals surface area contributed by atoms with E-state index in [-0.39, 0.29) is 5.56 Å². The average Bonchev–Trinajstić information content (AvgIpc) is 3.06. The van der Waals surface area contributed by atoms with Gasteiger partial charge >= 0.3 is 0 Å². The van der Waals surface area contributed by atoms with Crippen LogP contribution in [0.3, 0.4) is 0 Å². The third kappa shape index (κ3) is 2.70. The molecule has 0 saturated heterocycles. The van der Waals surface area contributed by atoms with E-state index in [0.717, 1.165) is 5.56 Å². The van der Waals surface area contributed by atoms with Crippen LogP contribution in [0.4, 0.5) is 0 Å². The van der Waals surface area contributed by atoms with Crippen LogP contribution in [0.25, 0.3) is 22.4 Å². The minimum absolute atomic E-state index is 0.104. The first-order valence-corrected chi connectivity index (χ1v) is 7.73. The summed E-state index contributed by atoms with van der Waals surface area (Å²) in [7, 11) is 0. The lowest BCUT2D eigenvalue weighted by atomic mass is 10.2. The zero-order chi connectivity index (χ0) is 16.5. The number of hydrogen-bond acceptors (Lipinski definition) is 4. The zero-order valence-corrected chi connectivity index (χ0v) is 13.3. The van der Waals surface area contributed by atoms with E-state index in [2.05, 4.69) is 9.97 Å². The van der Waals surface area contributed by atoms with Gasteiger partial charge in [-0.05, 0) is 30.3 Å². The van der Waals surface area contributed by atoms with Crippen molar-refractivity contribution < 1.29 is 4.42 Å². The average molecular weight is 338 g/mol. The Hall–Kier alpha value is -2.92. The van der Waals surface area contributed by atoms with Crippen LogP contribution < -0.4 is 5.56 Å². The lowest BCUT2D eigenvalue weighted by Gasteiger charge is -2.03. The summed E-state index contributed by atoms with van der Waals surface area (Å²) in [5.74, 6) is 0.467. The first-order chi connectivity index (χ1) is 11.7. The van der Waals surface area contributed by atoms with Crippen molar-refractivity contribution in [2.75, 3.05) is 0 Å². The molecule has 2 heterocycles. The maximum atomic E-state index is 12.5. The number of benzene rings is 2.